The van der Waals surface area contributed by atoms with Gasteiger partial charge in [-0.1, -0.05) is 11.6 Å². The van der Waals surface area contributed by atoms with Crippen LogP contribution in [0.5, 0.6) is 5.88 Å². The van der Waals surface area contributed by atoms with Crippen molar-refractivity contribution in [2.45, 2.75) is 25.3 Å². The third kappa shape index (κ3) is 3.93. The first-order chi connectivity index (χ1) is 15.6. The van der Waals surface area contributed by atoms with Gasteiger partial charge in [-0.3, -0.25) is 19.3 Å². The minimum Gasteiger partial charge on any atom is -0.480 e. The lowest BCUT2D eigenvalue weighted by molar-refractivity contribution is -0.121. The van der Waals surface area contributed by atoms with Crippen LogP contribution in [0.2, 0.25) is 5.02 Å². The van der Waals surface area contributed by atoms with Crippen molar-refractivity contribution in [2.75, 3.05) is 30.3 Å². The Bertz CT molecular complexity index is 1080. The minimum atomic E-state index is -2.70. The van der Waals surface area contributed by atoms with E-state index in [-0.39, 0.29) is 53.5 Å². The summed E-state index contributed by atoms with van der Waals surface area (Å²) in [6.07, 6.45) is 2.26. The number of likely N-dealkylation sites (tertiary alicyclic amines) is 1. The van der Waals surface area contributed by atoms with E-state index < -0.39 is 7.04 Å². The number of carbonyl (C=O) groups is 3. The van der Waals surface area contributed by atoms with Crippen LogP contribution < -0.4 is 15.0 Å². The fraction of sp³-hybridized carbons (Fsp3) is 0.350. The molecule has 1 N–H and O–H groups in total. The zero-order valence-electron chi connectivity index (χ0n) is 18.8. The summed E-state index contributed by atoms with van der Waals surface area (Å²) in [5, 5.41) is 3.04. The molecule has 156 valence electrons. The Labute approximate surface area is 182 Å². The summed E-state index contributed by atoms with van der Waals surface area (Å²) in [5.41, 5.74) is 0.893. The standard InChI is InChI=1S/C20H20ClN5O4/c1-30-18-15(21)10-22-20(24-18)23-13-8-9-25(11-13)19(29)12-2-4-14(5-3-12)26-16(27)6-7-17(26)28/h2-5,10,13H,6-9,11H2,1H3,(H,22,23,24)/t13-/m1/s1/i1D3. The number of anilines is 2. The number of rotatable bonds is 5. The zero-order valence-corrected chi connectivity index (χ0v) is 16.6. The Balaban J connectivity index is 1.38. The Kier molecular flexibility index (Phi) is 4.57. The van der Waals surface area contributed by atoms with Crippen LogP contribution in [0.1, 0.15) is 33.7 Å². The maximum absolute atomic E-state index is 12.9. The van der Waals surface area contributed by atoms with Gasteiger partial charge in [0.25, 0.3) is 5.91 Å². The van der Waals surface area contributed by atoms with Gasteiger partial charge in [0.1, 0.15) is 5.02 Å². The maximum atomic E-state index is 12.9. The molecule has 3 amide bonds. The number of ether oxygens (including phenoxy) is 1. The number of carbonyl (C=O) groups excluding carboxylic acids is 3. The van der Waals surface area contributed by atoms with Gasteiger partial charge in [-0.2, -0.15) is 4.98 Å². The van der Waals surface area contributed by atoms with Crippen LogP contribution in [0, 0.1) is 0 Å². The van der Waals surface area contributed by atoms with Gasteiger partial charge >= 0.3 is 0 Å². The van der Waals surface area contributed by atoms with E-state index in [9.17, 15) is 14.4 Å². The second-order valence-electron chi connectivity index (χ2n) is 7.00. The molecule has 0 saturated carbocycles. The molecule has 0 unspecified atom stereocenters. The van der Waals surface area contributed by atoms with Crippen molar-refractivity contribution in [3.8, 4) is 5.88 Å². The predicted octanol–water partition coefficient (Wildman–Crippen LogP) is 2.12. The summed E-state index contributed by atoms with van der Waals surface area (Å²) in [5.74, 6) is -0.792. The second-order valence-corrected chi connectivity index (χ2v) is 7.41. The highest BCUT2D eigenvalue weighted by Crippen LogP contribution is 2.25. The first kappa shape index (κ1) is 16.6. The van der Waals surface area contributed by atoms with Crippen LogP contribution in [0.4, 0.5) is 11.6 Å². The molecule has 2 aromatic rings. The number of nitrogens with one attached hydrogen (secondary N) is 1. The van der Waals surface area contributed by atoms with Crippen molar-refractivity contribution < 1.29 is 23.2 Å². The van der Waals surface area contributed by atoms with Gasteiger partial charge in [0, 0.05) is 37.5 Å². The monoisotopic (exact) mass is 432 g/mol. The first-order valence-electron chi connectivity index (χ1n) is 10.8. The van der Waals surface area contributed by atoms with Crippen molar-refractivity contribution in [2.24, 2.45) is 0 Å². The fourth-order valence-electron chi connectivity index (χ4n) is 3.54. The topological polar surface area (TPSA) is 105 Å². The van der Waals surface area contributed by atoms with Crippen molar-refractivity contribution in [3.05, 3.63) is 41.0 Å². The van der Waals surface area contributed by atoms with Crippen LogP contribution in [0.15, 0.2) is 30.5 Å². The molecule has 1 atom stereocenters. The minimum absolute atomic E-state index is 0.0271. The lowest BCUT2D eigenvalue weighted by Crippen LogP contribution is -2.32. The van der Waals surface area contributed by atoms with E-state index in [1.54, 1.807) is 29.2 Å². The molecule has 30 heavy (non-hydrogen) atoms. The van der Waals surface area contributed by atoms with E-state index >= 15 is 0 Å². The van der Waals surface area contributed by atoms with E-state index in [2.05, 4.69) is 15.3 Å². The quantitative estimate of drug-likeness (QED) is 0.721. The molecular formula is C20H20ClN5O4. The van der Waals surface area contributed by atoms with Gasteiger partial charge in [0.2, 0.25) is 23.6 Å². The zero-order chi connectivity index (χ0) is 23.8. The number of halogens is 1. The number of methoxy groups -OCH3 is 1. The summed E-state index contributed by atoms with van der Waals surface area (Å²) >= 11 is 5.90. The lowest BCUT2D eigenvalue weighted by Gasteiger charge is -2.18. The average Bonchev–Trinajstić information content (AvgIpc) is 3.35. The van der Waals surface area contributed by atoms with E-state index in [0.29, 0.717) is 30.8 Å². The molecule has 0 aliphatic carbocycles. The van der Waals surface area contributed by atoms with Crippen LogP contribution >= 0.6 is 11.6 Å². The molecule has 0 spiro atoms. The van der Waals surface area contributed by atoms with Crippen molar-refractivity contribution in [1.29, 1.82) is 0 Å². The van der Waals surface area contributed by atoms with Crippen LogP contribution in [0.25, 0.3) is 0 Å². The van der Waals surface area contributed by atoms with Crippen molar-refractivity contribution >= 4 is 41.0 Å². The summed E-state index contributed by atoms with van der Waals surface area (Å²) in [6, 6.07) is 6.22. The molecule has 3 heterocycles. The number of hydrogen-bond donors (Lipinski definition) is 1. The maximum Gasteiger partial charge on any atom is 0.253 e. The van der Waals surface area contributed by atoms with Crippen LogP contribution in [-0.4, -0.2) is 58.8 Å². The SMILES string of the molecule is [2H]C([2H])([2H])Oc1nc(N[C@@H]2CCN(C(=O)c3ccc(N4C(=O)CCC4=O)cc3)C2)ncc1Cl. The molecule has 0 bridgehead atoms. The smallest absolute Gasteiger partial charge is 0.253 e. The number of imide groups is 1. The van der Waals surface area contributed by atoms with Crippen LogP contribution in [-0.2, 0) is 9.59 Å². The molecule has 1 aromatic heterocycles. The van der Waals surface area contributed by atoms with Crippen molar-refractivity contribution in [3.63, 3.8) is 0 Å². The summed E-state index contributed by atoms with van der Waals surface area (Å²) in [4.78, 5) is 47.5. The van der Waals surface area contributed by atoms with E-state index in [0.717, 1.165) is 4.90 Å². The number of benzene rings is 1. The highest BCUT2D eigenvalue weighted by Gasteiger charge is 2.31. The Morgan fingerprint density at radius 2 is 2.00 bits per heavy atom. The predicted molar refractivity (Wildman–Crippen MR) is 110 cm³/mol. The molecule has 1 aromatic carbocycles. The van der Waals surface area contributed by atoms with Gasteiger partial charge in [0.15, 0.2) is 0 Å². The average molecular weight is 433 g/mol. The van der Waals surface area contributed by atoms with Crippen molar-refractivity contribution in [1.82, 2.24) is 14.9 Å². The highest BCUT2D eigenvalue weighted by atomic mass is 35.5. The molecule has 2 saturated heterocycles. The van der Waals surface area contributed by atoms with E-state index in [4.69, 9.17) is 20.5 Å². The molecule has 2 aliphatic rings. The summed E-state index contributed by atoms with van der Waals surface area (Å²) in [7, 11) is -2.70. The highest BCUT2D eigenvalue weighted by molar-refractivity contribution is 6.31. The number of hydrogen-bond acceptors (Lipinski definition) is 7. The molecule has 0 radical (unpaired) electrons. The molecule has 10 heteroatoms. The molecule has 2 aliphatic heterocycles. The molecular weight excluding hydrogens is 410 g/mol. The fourth-order valence-corrected chi connectivity index (χ4v) is 3.67. The Morgan fingerprint density at radius 3 is 2.70 bits per heavy atom. The van der Waals surface area contributed by atoms with Gasteiger partial charge in [0.05, 0.1) is 23.0 Å². The van der Waals surface area contributed by atoms with Gasteiger partial charge in [-0.05, 0) is 30.7 Å². The molecule has 4 rings (SSSR count). The largest absolute Gasteiger partial charge is 0.480 e. The van der Waals surface area contributed by atoms with E-state index in [1.807, 2.05) is 0 Å². The first-order valence-corrected chi connectivity index (χ1v) is 9.72. The Morgan fingerprint density at radius 1 is 1.27 bits per heavy atom. The lowest BCUT2D eigenvalue weighted by atomic mass is 10.1. The van der Waals surface area contributed by atoms with Gasteiger partial charge in [-0.15, -0.1) is 0 Å². The third-order valence-corrected chi connectivity index (χ3v) is 5.30. The van der Waals surface area contributed by atoms with Gasteiger partial charge < -0.3 is 15.0 Å². The van der Waals surface area contributed by atoms with E-state index in [1.165, 1.54) is 6.20 Å². The summed E-state index contributed by atoms with van der Waals surface area (Å²) < 4.78 is 26.3. The second kappa shape index (κ2) is 8.27. The molecule has 9 nitrogen and oxygen atoms in total. The number of amides is 3. The number of aromatic nitrogens is 2. The normalized spacial score (nSPS) is 20.7. The molecule has 2 fully saturated rings. The summed E-state index contributed by atoms with van der Waals surface area (Å²) in [6.45, 7) is 0.874. The van der Waals surface area contributed by atoms with Gasteiger partial charge in [-0.25, -0.2) is 4.98 Å². The van der Waals surface area contributed by atoms with Crippen LogP contribution in [0.3, 0.4) is 0 Å². The third-order valence-electron chi connectivity index (χ3n) is 5.04. The number of nitrogens with zero attached hydrogens (tertiary/aromatic N) is 4. The Hall–Kier alpha value is -3.20.